The zero-order valence-corrected chi connectivity index (χ0v) is 25.9. The van der Waals surface area contributed by atoms with Gasteiger partial charge in [-0.15, -0.1) is 0 Å². The first-order valence-electron chi connectivity index (χ1n) is 16.4. The van der Waals surface area contributed by atoms with E-state index in [0.29, 0.717) is 17.0 Å². The fourth-order valence-electron chi connectivity index (χ4n) is 6.95. The minimum absolute atomic E-state index is 0.199. The summed E-state index contributed by atoms with van der Waals surface area (Å²) in [5.74, 6) is 0.747. The number of fused-ring (bicyclic) bond motifs is 1. The van der Waals surface area contributed by atoms with Crippen LogP contribution in [-0.2, 0) is 18.9 Å². The third kappa shape index (κ3) is 7.08. The Bertz CT molecular complexity index is 1390. The largest absolute Gasteiger partial charge is 0.453 e. The topological polar surface area (TPSA) is 71.1 Å². The van der Waals surface area contributed by atoms with E-state index in [-0.39, 0.29) is 13.2 Å². The Labute approximate surface area is 261 Å². The SMILES string of the molecule is CCCCCC1CCC(c2ccc(-c3ccc(C(=O)O[C@H]4CO[C@@H]5[C@H]4OC[C@H]5OC(=O)c4ccc(C)cc4)cc3)cc2)CC1. The highest BCUT2D eigenvalue weighted by molar-refractivity contribution is 5.90. The highest BCUT2D eigenvalue weighted by atomic mass is 16.7. The summed E-state index contributed by atoms with van der Waals surface area (Å²) < 4.78 is 23.2. The molecule has 0 radical (unpaired) electrons. The van der Waals surface area contributed by atoms with Crippen LogP contribution in [0.25, 0.3) is 11.1 Å². The van der Waals surface area contributed by atoms with Crippen molar-refractivity contribution in [2.24, 2.45) is 5.92 Å². The standard InChI is InChI=1S/C38H44O6/c1-3-4-5-6-26-9-13-27(14-10-26)28-15-17-29(18-16-28)30-19-21-32(22-20-30)38(40)44-34-24-42-35-33(23-41-36(34)35)43-37(39)31-11-7-25(2)8-12-31/h7-8,11-12,15-22,26-27,33-36H,3-6,9-10,13-14,23-24H2,1-2H3/t26?,27?,33-,34+,35+,36+/m1/s1. The summed E-state index contributed by atoms with van der Waals surface area (Å²) in [6, 6.07) is 23.7. The predicted molar refractivity (Wildman–Crippen MR) is 170 cm³/mol. The van der Waals surface area contributed by atoms with E-state index in [0.717, 1.165) is 22.6 Å². The number of aryl methyl sites for hydroxylation is 1. The maximum absolute atomic E-state index is 13.0. The third-order valence-electron chi connectivity index (χ3n) is 9.67. The number of benzene rings is 3. The van der Waals surface area contributed by atoms with Gasteiger partial charge in [-0.2, -0.15) is 0 Å². The number of rotatable bonds is 10. The molecule has 1 aliphatic carbocycles. The Morgan fingerprint density at radius 3 is 1.70 bits per heavy atom. The van der Waals surface area contributed by atoms with Gasteiger partial charge in [-0.25, -0.2) is 9.59 Å². The van der Waals surface area contributed by atoms with Crippen LogP contribution in [0.2, 0.25) is 0 Å². The molecular weight excluding hydrogens is 552 g/mol. The molecule has 3 aromatic rings. The second-order valence-corrected chi connectivity index (χ2v) is 12.8. The van der Waals surface area contributed by atoms with Crippen LogP contribution in [-0.4, -0.2) is 49.6 Å². The number of ether oxygens (including phenoxy) is 4. The highest BCUT2D eigenvalue weighted by Gasteiger charge is 2.51. The second kappa shape index (κ2) is 14.1. The summed E-state index contributed by atoms with van der Waals surface area (Å²) in [7, 11) is 0. The molecule has 3 aliphatic rings. The molecule has 0 bridgehead atoms. The molecule has 3 fully saturated rings. The minimum Gasteiger partial charge on any atom is -0.453 e. The lowest BCUT2D eigenvalue weighted by atomic mass is 9.77. The van der Waals surface area contributed by atoms with Crippen molar-refractivity contribution in [3.8, 4) is 11.1 Å². The van der Waals surface area contributed by atoms with Gasteiger partial charge < -0.3 is 18.9 Å². The lowest BCUT2D eigenvalue weighted by Crippen LogP contribution is -2.36. The zero-order chi connectivity index (χ0) is 30.5. The minimum atomic E-state index is -0.561. The van der Waals surface area contributed by atoms with E-state index in [2.05, 4.69) is 31.2 Å². The molecule has 1 saturated carbocycles. The maximum atomic E-state index is 13.0. The summed E-state index contributed by atoms with van der Waals surface area (Å²) >= 11 is 0. The average molecular weight is 597 g/mol. The summed E-state index contributed by atoms with van der Waals surface area (Å²) in [6.07, 6.45) is 8.72. The molecule has 0 N–H and O–H groups in total. The fraction of sp³-hybridized carbons (Fsp3) is 0.474. The Hall–Kier alpha value is -3.48. The number of carbonyl (C=O) groups is 2. The van der Waals surface area contributed by atoms with Gasteiger partial charge in [-0.1, -0.05) is 86.7 Å². The highest BCUT2D eigenvalue weighted by Crippen LogP contribution is 2.38. The molecule has 6 rings (SSSR count). The molecule has 2 heterocycles. The van der Waals surface area contributed by atoms with Crippen molar-refractivity contribution in [3.05, 3.63) is 95.1 Å². The molecule has 232 valence electrons. The van der Waals surface area contributed by atoms with Crippen LogP contribution < -0.4 is 0 Å². The molecule has 6 heteroatoms. The van der Waals surface area contributed by atoms with Crippen molar-refractivity contribution < 1.29 is 28.5 Å². The van der Waals surface area contributed by atoms with Crippen LogP contribution in [0.1, 0.15) is 96.1 Å². The van der Waals surface area contributed by atoms with Crippen LogP contribution in [0.3, 0.4) is 0 Å². The Balaban J connectivity index is 0.989. The second-order valence-electron chi connectivity index (χ2n) is 12.8. The van der Waals surface area contributed by atoms with Crippen LogP contribution >= 0.6 is 0 Å². The molecule has 6 nitrogen and oxygen atoms in total. The number of hydrogen-bond donors (Lipinski definition) is 0. The molecule has 0 amide bonds. The molecule has 0 unspecified atom stereocenters. The summed E-state index contributed by atoms with van der Waals surface area (Å²) in [6.45, 7) is 4.64. The van der Waals surface area contributed by atoms with Crippen molar-refractivity contribution in [3.63, 3.8) is 0 Å². The maximum Gasteiger partial charge on any atom is 0.338 e. The van der Waals surface area contributed by atoms with Crippen molar-refractivity contribution >= 4 is 11.9 Å². The van der Waals surface area contributed by atoms with E-state index in [1.54, 1.807) is 24.3 Å². The van der Waals surface area contributed by atoms with E-state index in [4.69, 9.17) is 18.9 Å². The predicted octanol–water partition coefficient (Wildman–Crippen LogP) is 8.06. The van der Waals surface area contributed by atoms with Gasteiger partial charge in [0, 0.05) is 0 Å². The third-order valence-corrected chi connectivity index (χ3v) is 9.67. The van der Waals surface area contributed by atoms with Crippen molar-refractivity contribution in [2.75, 3.05) is 13.2 Å². The van der Waals surface area contributed by atoms with Gasteiger partial charge in [-0.3, -0.25) is 0 Å². The van der Waals surface area contributed by atoms with Crippen molar-refractivity contribution in [2.45, 2.75) is 95.5 Å². The van der Waals surface area contributed by atoms with Gasteiger partial charge in [0.1, 0.15) is 12.2 Å². The molecule has 2 saturated heterocycles. The summed E-state index contributed by atoms with van der Waals surface area (Å²) in [5, 5.41) is 0. The van der Waals surface area contributed by atoms with Gasteiger partial charge in [0.25, 0.3) is 0 Å². The quantitative estimate of drug-likeness (QED) is 0.174. The normalized spacial score (nSPS) is 26.2. The molecule has 0 spiro atoms. The van der Waals surface area contributed by atoms with Crippen LogP contribution in [0.4, 0.5) is 0 Å². The van der Waals surface area contributed by atoms with E-state index < -0.39 is 36.4 Å². The molecule has 2 aliphatic heterocycles. The van der Waals surface area contributed by atoms with Crippen molar-refractivity contribution in [1.29, 1.82) is 0 Å². The van der Waals surface area contributed by atoms with Gasteiger partial charge in [-0.05, 0) is 85.4 Å². The first-order chi connectivity index (χ1) is 21.5. The molecule has 3 aromatic carbocycles. The smallest absolute Gasteiger partial charge is 0.338 e. The summed E-state index contributed by atoms with van der Waals surface area (Å²) in [4.78, 5) is 25.6. The zero-order valence-electron chi connectivity index (χ0n) is 25.9. The lowest BCUT2D eigenvalue weighted by Gasteiger charge is -2.29. The number of esters is 2. The molecule has 0 aromatic heterocycles. The number of carbonyl (C=O) groups excluding carboxylic acids is 2. The van der Waals surface area contributed by atoms with Gasteiger partial charge in [0.05, 0.1) is 24.3 Å². The first kappa shape index (κ1) is 30.5. The Kier molecular flexibility index (Phi) is 9.78. The Morgan fingerprint density at radius 1 is 0.682 bits per heavy atom. The molecular formula is C38H44O6. The van der Waals surface area contributed by atoms with E-state index in [1.807, 2.05) is 31.2 Å². The monoisotopic (exact) mass is 596 g/mol. The van der Waals surface area contributed by atoms with Crippen LogP contribution in [0.5, 0.6) is 0 Å². The van der Waals surface area contributed by atoms with Crippen LogP contribution in [0, 0.1) is 12.8 Å². The first-order valence-corrected chi connectivity index (χ1v) is 16.4. The fourth-order valence-corrected chi connectivity index (χ4v) is 6.95. The molecule has 4 atom stereocenters. The number of hydrogen-bond acceptors (Lipinski definition) is 6. The van der Waals surface area contributed by atoms with Gasteiger partial charge in [0.15, 0.2) is 12.2 Å². The Morgan fingerprint density at radius 2 is 1.18 bits per heavy atom. The molecule has 44 heavy (non-hydrogen) atoms. The summed E-state index contributed by atoms with van der Waals surface area (Å²) in [5.41, 5.74) is 5.67. The van der Waals surface area contributed by atoms with Gasteiger partial charge in [0.2, 0.25) is 0 Å². The van der Waals surface area contributed by atoms with E-state index >= 15 is 0 Å². The van der Waals surface area contributed by atoms with E-state index in [1.165, 1.54) is 56.9 Å². The van der Waals surface area contributed by atoms with Gasteiger partial charge >= 0.3 is 11.9 Å². The van der Waals surface area contributed by atoms with Crippen molar-refractivity contribution in [1.82, 2.24) is 0 Å². The number of unbranched alkanes of at least 4 members (excludes halogenated alkanes) is 2. The average Bonchev–Trinajstić information content (AvgIpc) is 3.65. The van der Waals surface area contributed by atoms with Crippen LogP contribution in [0.15, 0.2) is 72.8 Å². The van der Waals surface area contributed by atoms with E-state index in [9.17, 15) is 9.59 Å². The lowest BCUT2D eigenvalue weighted by molar-refractivity contribution is -0.0287.